The van der Waals surface area contributed by atoms with Crippen molar-refractivity contribution in [1.29, 1.82) is 0 Å². The molecule has 0 aliphatic rings. The average Bonchev–Trinajstić information content (AvgIpc) is 1.81. The van der Waals surface area contributed by atoms with Crippen molar-refractivity contribution in [2.45, 2.75) is 66.8 Å². The molecule has 12 rings (SSSR count). The van der Waals surface area contributed by atoms with E-state index in [1.165, 1.54) is 27.8 Å². The second-order valence-electron chi connectivity index (χ2n) is 21.6. The minimum absolute atomic E-state index is 0. The number of methoxy groups -OCH3 is 1. The summed E-state index contributed by atoms with van der Waals surface area (Å²) >= 11 is 0. The quantitative estimate of drug-likeness (QED) is 0.0678. The van der Waals surface area contributed by atoms with Crippen molar-refractivity contribution in [1.82, 2.24) is 90.1 Å². The van der Waals surface area contributed by atoms with Crippen LogP contribution in [0.5, 0.6) is 0 Å². The number of aromatic nitrogens is 15. The highest BCUT2D eigenvalue weighted by molar-refractivity contribution is 5.66. The van der Waals surface area contributed by atoms with Gasteiger partial charge in [-0.1, -0.05) is 36.4 Å². The summed E-state index contributed by atoms with van der Waals surface area (Å²) in [5.41, 5.74) is 13.5. The van der Waals surface area contributed by atoms with Gasteiger partial charge in [0.15, 0.2) is 0 Å². The van der Waals surface area contributed by atoms with E-state index in [9.17, 15) is 14.4 Å². The standard InChI is InChI=1S/C23H24N6O3.C23H24N6O2.C21H20N6O2.3H2/c1-15-21(23-28-27-22(32-23)17-6-4-16(5-7-17)12-24-2)26-19(13-25-15)18-8-9-20(30)29(14-18)10-11-31-3;1-14(2)29-13-18(9-10-20(29)30)19-12-25-15(3)21(26-19)23-28-27-22(31-23)17-7-5-16(6-8-17)11-24-4;1-13-19(24-17(11-23-13)16-8-9-18(28)27(3)12-16)21-26-25-20(29-21)15-6-4-14(5-7-15)10-22-2;;;/h4-9,13-14,24H,10-12H2,1-3H3;5-10,12-14,24H,11H2,1-4H3;4-9,11-12,22H,10H2,1-3H3;3*1H. The molecule has 3 aromatic carbocycles. The highest BCUT2D eigenvalue weighted by Crippen LogP contribution is 2.30. The van der Waals surface area contributed by atoms with E-state index in [1.807, 2.05) is 129 Å². The minimum Gasteiger partial charge on any atom is -0.415 e. The highest BCUT2D eigenvalue weighted by Gasteiger charge is 2.21. The number of benzene rings is 3. The third-order valence-electron chi connectivity index (χ3n) is 14.5. The molecule has 0 bridgehead atoms. The van der Waals surface area contributed by atoms with Crippen molar-refractivity contribution >= 4 is 0 Å². The molecule has 0 spiro atoms. The smallest absolute Gasteiger partial charge is 0.268 e. The molecule has 0 radical (unpaired) electrons. The van der Waals surface area contributed by atoms with Gasteiger partial charge >= 0.3 is 0 Å². The maximum Gasteiger partial charge on any atom is 0.268 e. The van der Waals surface area contributed by atoms with Crippen LogP contribution in [0.4, 0.5) is 0 Å². The van der Waals surface area contributed by atoms with Gasteiger partial charge in [0.1, 0.15) is 17.1 Å². The SMILES string of the molecule is CNCc1ccc(-c2nnc(-c3nc(-c4ccc(=O)n(C(C)C)c4)cnc3C)o2)cc1.CNCc1ccc(-c2nnc(-c3nc(-c4ccc(=O)n(C)c4)cnc3C)o2)cc1.CNCc1ccc(-c2nnc(-c3nc(-c4ccc(=O)n(CCOC)c4)cnc3C)o2)cc1.[HH].[HH].[HH]. The average molecular weight is 1240 g/mol. The first kappa shape index (κ1) is 64.0. The Morgan fingerprint density at radius 2 is 0.783 bits per heavy atom. The fourth-order valence-corrected chi connectivity index (χ4v) is 9.44. The van der Waals surface area contributed by atoms with Crippen LogP contribution in [-0.4, -0.2) is 109 Å². The molecule has 92 heavy (non-hydrogen) atoms. The molecule has 0 aliphatic carbocycles. The summed E-state index contributed by atoms with van der Waals surface area (Å²) in [6.07, 6.45) is 10.3. The zero-order valence-corrected chi connectivity index (χ0v) is 52.5. The first-order valence-corrected chi connectivity index (χ1v) is 29.4. The number of ether oxygens (including phenoxy) is 1. The Kier molecular flexibility index (Phi) is 20.6. The first-order valence-electron chi connectivity index (χ1n) is 29.4. The van der Waals surface area contributed by atoms with Crippen molar-refractivity contribution < 1.29 is 22.3 Å². The van der Waals surface area contributed by atoms with E-state index in [4.69, 9.17) is 28.0 Å². The predicted molar refractivity (Wildman–Crippen MR) is 353 cm³/mol. The predicted octanol–water partition coefficient (Wildman–Crippen LogP) is 9.65. The summed E-state index contributed by atoms with van der Waals surface area (Å²) < 4.78 is 27.5. The van der Waals surface area contributed by atoms with Crippen LogP contribution in [0.1, 0.15) is 57.9 Å². The Morgan fingerprint density at radius 1 is 0.446 bits per heavy atom. The lowest BCUT2D eigenvalue weighted by Crippen LogP contribution is -2.20. The van der Waals surface area contributed by atoms with E-state index in [-0.39, 0.29) is 27.0 Å². The van der Waals surface area contributed by atoms with Crippen molar-refractivity contribution in [3.8, 4) is 103 Å². The zero-order chi connectivity index (χ0) is 64.8. The van der Waals surface area contributed by atoms with Crippen LogP contribution in [0.15, 0.2) is 174 Å². The molecule has 25 nitrogen and oxygen atoms in total. The monoisotopic (exact) mass is 1240 g/mol. The lowest BCUT2D eigenvalue weighted by atomic mass is 10.1. The normalized spacial score (nSPS) is 11.1. The number of hydrogen-bond donors (Lipinski definition) is 3. The van der Waals surface area contributed by atoms with Gasteiger partial charge < -0.3 is 47.6 Å². The number of nitrogens with zero attached hydrogens (tertiary/aromatic N) is 15. The van der Waals surface area contributed by atoms with Crippen LogP contribution in [0.2, 0.25) is 0 Å². The van der Waals surface area contributed by atoms with Gasteiger partial charge in [-0.25, -0.2) is 15.0 Å². The minimum atomic E-state index is -0.103. The Bertz CT molecular complexity index is 4690. The number of hydrogen-bond acceptors (Lipinski definition) is 22. The second kappa shape index (κ2) is 29.5. The molecule has 0 fully saturated rings. The van der Waals surface area contributed by atoms with Crippen molar-refractivity contribution in [2.75, 3.05) is 34.9 Å². The molecule has 3 N–H and O–H groups in total. The van der Waals surface area contributed by atoms with Crippen LogP contribution >= 0.6 is 0 Å². The Balaban J connectivity index is 0.000000198. The summed E-state index contributed by atoms with van der Waals surface area (Å²) in [6.45, 7) is 12.7. The van der Waals surface area contributed by atoms with Gasteiger partial charge in [0.25, 0.3) is 28.8 Å². The molecular formula is C67H74N18O7. The number of rotatable bonds is 19. The largest absolute Gasteiger partial charge is 0.415 e. The van der Waals surface area contributed by atoms with E-state index >= 15 is 0 Å². The topological polar surface area (TPSA) is 305 Å². The number of aryl methyl sites for hydroxylation is 4. The zero-order valence-electron chi connectivity index (χ0n) is 52.5. The Hall–Kier alpha value is -11.0. The molecule has 0 atom stereocenters. The van der Waals surface area contributed by atoms with Crippen LogP contribution in [-0.2, 0) is 38.0 Å². The molecular weight excluding hydrogens is 1170 g/mol. The van der Waals surface area contributed by atoms with Gasteiger partial charge in [-0.3, -0.25) is 29.3 Å². The van der Waals surface area contributed by atoms with E-state index in [0.29, 0.717) is 99.7 Å². The molecule has 474 valence electrons. The lowest BCUT2D eigenvalue weighted by molar-refractivity contribution is 0.186. The molecule has 0 aliphatic heterocycles. The fourth-order valence-electron chi connectivity index (χ4n) is 9.44. The molecule has 9 aromatic heterocycles. The Morgan fingerprint density at radius 3 is 1.14 bits per heavy atom. The lowest BCUT2D eigenvalue weighted by Gasteiger charge is -2.11. The fraction of sp³-hybridized carbons (Fsp3) is 0.239. The van der Waals surface area contributed by atoms with E-state index in [0.717, 1.165) is 58.6 Å². The Labute approximate surface area is 533 Å². The number of pyridine rings is 3. The van der Waals surface area contributed by atoms with E-state index in [1.54, 1.807) is 84.7 Å². The summed E-state index contributed by atoms with van der Waals surface area (Å²) in [7, 11) is 9.02. The third-order valence-corrected chi connectivity index (χ3v) is 14.5. The van der Waals surface area contributed by atoms with Gasteiger partial charge in [0.2, 0.25) is 23.2 Å². The highest BCUT2D eigenvalue weighted by atomic mass is 16.5. The molecule has 0 unspecified atom stereocenters. The molecule has 0 saturated carbocycles. The van der Waals surface area contributed by atoms with Gasteiger partial charge in [-0.15, -0.1) is 30.6 Å². The summed E-state index contributed by atoms with van der Waals surface area (Å²) in [4.78, 5) is 63.2. The molecule has 9 heterocycles. The van der Waals surface area contributed by atoms with Crippen molar-refractivity contribution in [3.63, 3.8) is 0 Å². The third kappa shape index (κ3) is 15.3. The number of nitrogens with one attached hydrogen (secondary N) is 3. The van der Waals surface area contributed by atoms with Gasteiger partial charge in [0, 0.05) is 121 Å². The molecule has 0 saturated heterocycles. The summed E-state index contributed by atoms with van der Waals surface area (Å²) in [5.74, 6) is 2.15. The maximum absolute atomic E-state index is 12.1. The second-order valence-corrected chi connectivity index (χ2v) is 21.6. The van der Waals surface area contributed by atoms with Crippen LogP contribution in [0.3, 0.4) is 0 Å². The van der Waals surface area contributed by atoms with Gasteiger partial charge in [-0.2, -0.15) is 0 Å². The maximum atomic E-state index is 12.1. The first-order chi connectivity index (χ1) is 44.6. The van der Waals surface area contributed by atoms with Crippen molar-refractivity contribution in [3.05, 3.63) is 211 Å². The van der Waals surface area contributed by atoms with E-state index in [2.05, 4.69) is 66.5 Å². The van der Waals surface area contributed by atoms with Crippen LogP contribution < -0.4 is 32.6 Å². The van der Waals surface area contributed by atoms with Gasteiger partial charge in [0.05, 0.1) is 59.4 Å². The molecule has 12 aromatic rings. The van der Waals surface area contributed by atoms with Gasteiger partial charge in [-0.05, 0) is 127 Å². The molecule has 25 heteroatoms. The summed E-state index contributed by atoms with van der Waals surface area (Å²) in [5, 5.41) is 34.4. The van der Waals surface area contributed by atoms with Crippen LogP contribution in [0, 0.1) is 20.8 Å². The van der Waals surface area contributed by atoms with E-state index < -0.39 is 0 Å². The molecule has 0 amide bonds. The van der Waals surface area contributed by atoms with Crippen LogP contribution in [0.25, 0.3) is 103 Å². The van der Waals surface area contributed by atoms with Crippen molar-refractivity contribution in [2.24, 2.45) is 7.05 Å². The summed E-state index contributed by atoms with van der Waals surface area (Å²) in [6, 6.07) is 33.6.